The molecule has 3 aliphatic heterocycles. The minimum atomic E-state index is -1.94. The van der Waals surface area contributed by atoms with Crippen molar-refractivity contribution in [3.8, 4) is 34.3 Å². The predicted octanol–water partition coefficient (Wildman–Crippen LogP) is -3.92. The van der Waals surface area contributed by atoms with Crippen molar-refractivity contribution in [3.63, 3.8) is 0 Å². The van der Waals surface area contributed by atoms with Gasteiger partial charge in [-0.05, 0) is 31.2 Å². The summed E-state index contributed by atoms with van der Waals surface area (Å²) in [6, 6.07) is 7.21. The average molecular weight is 757 g/mol. The lowest BCUT2D eigenvalue weighted by atomic mass is 9.97. The van der Waals surface area contributed by atoms with Crippen molar-refractivity contribution < 1.29 is 94.1 Å². The largest absolute Gasteiger partial charge is 0.508 e. The maximum Gasteiger partial charge on any atom is 0.239 e. The molecular formula is C33H40O20. The van der Waals surface area contributed by atoms with Gasteiger partial charge >= 0.3 is 0 Å². The second kappa shape index (κ2) is 15.6. The van der Waals surface area contributed by atoms with Crippen LogP contribution in [0.15, 0.2) is 45.6 Å². The molecule has 20 heteroatoms. The molecule has 0 amide bonds. The van der Waals surface area contributed by atoms with Gasteiger partial charge in [0, 0.05) is 17.7 Å². The van der Waals surface area contributed by atoms with Crippen molar-refractivity contribution in [3.05, 3.63) is 46.6 Å². The number of ether oxygens (including phenoxy) is 6. The van der Waals surface area contributed by atoms with Crippen molar-refractivity contribution in [2.75, 3.05) is 13.2 Å². The topological polar surface area (TPSA) is 328 Å². The van der Waals surface area contributed by atoms with Crippen LogP contribution in [-0.2, 0) is 18.9 Å². The lowest BCUT2D eigenvalue weighted by Crippen LogP contribution is -2.64. The summed E-state index contributed by atoms with van der Waals surface area (Å²) in [5.41, 5.74) is -1.27. The SMILES string of the molecule is CC1OC(OC2C(Oc3c(-c4ccc(OC5OC(CO)C(O)C(O)C5O)cc4)oc4cc(O)cc(O)c4c3=O)OC(CO)C(O)C2O)C(O)C(O)C1O. The summed E-state index contributed by atoms with van der Waals surface area (Å²) in [6.07, 6.45) is -24.8. The number of benzene rings is 2. The molecule has 0 saturated carbocycles. The van der Waals surface area contributed by atoms with Gasteiger partial charge in [0.25, 0.3) is 0 Å². The Balaban J connectivity index is 1.37. The first-order valence-corrected chi connectivity index (χ1v) is 16.4. The quantitative estimate of drug-likeness (QED) is 0.0992. The fraction of sp³-hybridized carbons (Fsp3) is 0.545. The van der Waals surface area contributed by atoms with Gasteiger partial charge in [0.2, 0.25) is 23.8 Å². The first kappa shape index (κ1) is 39.0. The number of rotatable bonds is 9. The van der Waals surface area contributed by atoms with Crippen LogP contribution in [0.5, 0.6) is 23.0 Å². The first-order chi connectivity index (χ1) is 25.1. The number of aliphatic hydroxyl groups excluding tert-OH is 10. The van der Waals surface area contributed by atoms with Crippen LogP contribution >= 0.6 is 0 Å². The maximum atomic E-state index is 14.0. The van der Waals surface area contributed by atoms with Crippen molar-refractivity contribution in [2.24, 2.45) is 0 Å². The van der Waals surface area contributed by atoms with Crippen molar-refractivity contribution in [1.29, 1.82) is 0 Å². The van der Waals surface area contributed by atoms with E-state index < -0.39 is 133 Å². The summed E-state index contributed by atoms with van der Waals surface area (Å²) >= 11 is 0. The Morgan fingerprint density at radius 1 is 0.660 bits per heavy atom. The fourth-order valence-electron chi connectivity index (χ4n) is 6.24. The van der Waals surface area contributed by atoms with Crippen molar-refractivity contribution in [2.45, 2.75) is 99.0 Å². The first-order valence-electron chi connectivity index (χ1n) is 16.4. The molecule has 15 unspecified atom stereocenters. The summed E-state index contributed by atoms with van der Waals surface area (Å²) in [6.45, 7) is -0.182. The molecular weight excluding hydrogens is 716 g/mol. The number of phenols is 2. The minimum absolute atomic E-state index is 0.0264. The zero-order valence-electron chi connectivity index (χ0n) is 27.7. The fourth-order valence-corrected chi connectivity index (χ4v) is 6.24. The van der Waals surface area contributed by atoms with Gasteiger partial charge in [0.15, 0.2) is 18.2 Å². The molecule has 3 aromatic rings. The molecule has 2 aromatic carbocycles. The van der Waals surface area contributed by atoms with Gasteiger partial charge in [-0.1, -0.05) is 0 Å². The molecule has 12 N–H and O–H groups in total. The molecule has 0 bridgehead atoms. The third kappa shape index (κ3) is 7.39. The normalized spacial score (nSPS) is 37.8. The van der Waals surface area contributed by atoms with Gasteiger partial charge in [0.1, 0.15) is 89.3 Å². The zero-order valence-corrected chi connectivity index (χ0v) is 27.7. The van der Waals surface area contributed by atoms with E-state index in [-0.39, 0.29) is 22.7 Å². The van der Waals surface area contributed by atoms with Crippen LogP contribution in [0.1, 0.15) is 6.92 Å². The second-order valence-corrected chi connectivity index (χ2v) is 12.9. The van der Waals surface area contributed by atoms with Gasteiger partial charge in [-0.25, -0.2) is 0 Å². The van der Waals surface area contributed by atoms with Gasteiger partial charge in [-0.2, -0.15) is 0 Å². The molecule has 53 heavy (non-hydrogen) atoms. The standard InChI is InChI=1S/C33H40O20/c1-10-19(38)23(42)26(45)31(47-10)53-30-25(44)21(40)17(9-35)51-33(30)52-29-22(41)18-14(37)6-12(36)7-15(18)49-28(29)11-2-4-13(5-3-11)48-32-27(46)24(43)20(39)16(8-34)50-32/h2-7,10,16-17,19-21,23-27,30-40,42-46H,8-9H2,1H3. The molecule has 3 saturated heterocycles. The van der Waals surface area contributed by atoms with Gasteiger partial charge < -0.3 is 94.1 Å². The van der Waals surface area contributed by atoms with E-state index in [9.17, 15) is 66.1 Å². The Kier molecular flexibility index (Phi) is 11.5. The van der Waals surface area contributed by atoms with Crippen LogP contribution in [0.3, 0.4) is 0 Å². The lowest BCUT2D eigenvalue weighted by molar-refractivity contribution is -0.354. The number of phenolic OH excluding ortho intramolecular Hbond substituents is 2. The molecule has 4 heterocycles. The highest BCUT2D eigenvalue weighted by molar-refractivity contribution is 5.88. The summed E-state index contributed by atoms with van der Waals surface area (Å²) in [7, 11) is 0. The number of aliphatic hydroxyl groups is 10. The van der Waals surface area contributed by atoms with Crippen LogP contribution in [0.2, 0.25) is 0 Å². The lowest BCUT2D eigenvalue weighted by Gasteiger charge is -2.45. The molecule has 0 aliphatic carbocycles. The molecule has 0 spiro atoms. The molecule has 3 fully saturated rings. The number of fused-ring (bicyclic) bond motifs is 1. The Morgan fingerprint density at radius 3 is 1.89 bits per heavy atom. The highest BCUT2D eigenvalue weighted by Crippen LogP contribution is 2.39. The Morgan fingerprint density at radius 2 is 1.25 bits per heavy atom. The Bertz CT molecular complexity index is 1780. The second-order valence-electron chi connectivity index (χ2n) is 12.9. The summed E-state index contributed by atoms with van der Waals surface area (Å²) in [5, 5.41) is 123. The van der Waals surface area contributed by atoms with Gasteiger partial charge in [-0.15, -0.1) is 0 Å². The van der Waals surface area contributed by atoms with Crippen LogP contribution < -0.4 is 14.9 Å². The number of aromatic hydroxyl groups is 2. The number of hydrogen-bond donors (Lipinski definition) is 12. The van der Waals surface area contributed by atoms with E-state index in [2.05, 4.69) is 0 Å². The average Bonchev–Trinajstić information content (AvgIpc) is 3.13. The summed E-state index contributed by atoms with van der Waals surface area (Å²) in [5.74, 6) is -2.21. The molecule has 6 rings (SSSR count). The van der Waals surface area contributed by atoms with E-state index in [0.29, 0.717) is 0 Å². The molecule has 0 radical (unpaired) electrons. The molecule has 292 valence electrons. The van der Waals surface area contributed by atoms with Crippen molar-refractivity contribution in [1.82, 2.24) is 0 Å². The van der Waals surface area contributed by atoms with Crippen LogP contribution in [0.25, 0.3) is 22.3 Å². The highest BCUT2D eigenvalue weighted by atomic mass is 16.8. The van der Waals surface area contributed by atoms with Gasteiger partial charge in [-0.3, -0.25) is 4.79 Å². The van der Waals surface area contributed by atoms with Gasteiger partial charge in [0.05, 0.1) is 19.3 Å². The summed E-state index contributed by atoms with van der Waals surface area (Å²) in [4.78, 5) is 14.0. The van der Waals surface area contributed by atoms with Crippen molar-refractivity contribution >= 4 is 11.0 Å². The molecule has 15 atom stereocenters. The highest BCUT2D eigenvalue weighted by Gasteiger charge is 2.51. The van der Waals surface area contributed by atoms with E-state index in [1.807, 2.05) is 0 Å². The monoisotopic (exact) mass is 756 g/mol. The third-order valence-corrected chi connectivity index (χ3v) is 9.29. The molecule has 3 aliphatic rings. The van der Waals surface area contributed by atoms with E-state index >= 15 is 0 Å². The van der Waals surface area contributed by atoms with Crippen LogP contribution in [0.4, 0.5) is 0 Å². The van der Waals surface area contributed by atoms with Crippen LogP contribution in [0, 0.1) is 0 Å². The summed E-state index contributed by atoms with van der Waals surface area (Å²) < 4.78 is 39.8. The Labute approximate surface area is 298 Å². The van der Waals surface area contributed by atoms with Crippen LogP contribution in [-0.4, -0.2) is 167 Å². The third-order valence-electron chi connectivity index (χ3n) is 9.29. The molecule has 20 nitrogen and oxygen atoms in total. The van der Waals surface area contributed by atoms with E-state index in [1.54, 1.807) is 0 Å². The minimum Gasteiger partial charge on any atom is -0.508 e. The maximum absolute atomic E-state index is 14.0. The smallest absolute Gasteiger partial charge is 0.239 e. The number of hydrogen-bond acceptors (Lipinski definition) is 20. The molecule has 1 aromatic heterocycles. The van der Waals surface area contributed by atoms with E-state index in [1.165, 1.54) is 31.2 Å². The Hall–Kier alpha value is -3.71. The van der Waals surface area contributed by atoms with E-state index in [0.717, 1.165) is 12.1 Å². The predicted molar refractivity (Wildman–Crippen MR) is 171 cm³/mol. The zero-order chi connectivity index (χ0) is 38.5. The van der Waals surface area contributed by atoms with E-state index in [4.69, 9.17) is 32.8 Å².